The molecule has 94 valence electrons. The normalized spacial score (nSPS) is 23.3. The third-order valence-corrected chi connectivity index (χ3v) is 3.95. The number of H-pyrrole nitrogens is 1. The number of nitrogens with one attached hydrogen (secondary N) is 2. The van der Waals surface area contributed by atoms with Crippen LogP contribution in [0.5, 0.6) is 0 Å². The number of rotatable bonds is 3. The lowest BCUT2D eigenvalue weighted by atomic mass is 9.68. The van der Waals surface area contributed by atoms with Gasteiger partial charge in [0.1, 0.15) is 0 Å². The number of hydrogen-bond acceptors (Lipinski definition) is 1. The van der Waals surface area contributed by atoms with Gasteiger partial charge in [0.05, 0.1) is 0 Å². The predicted octanol–water partition coefficient (Wildman–Crippen LogP) is 2.85. The van der Waals surface area contributed by atoms with Crippen LogP contribution in [0.4, 0.5) is 0 Å². The van der Waals surface area contributed by atoms with Crippen molar-refractivity contribution in [2.75, 3.05) is 0 Å². The number of aromatic amines is 1. The Hall–Kier alpha value is -1.25. The van der Waals surface area contributed by atoms with Gasteiger partial charge in [0, 0.05) is 24.9 Å². The Bertz CT molecular complexity index is 368. The minimum Gasteiger partial charge on any atom is -0.367 e. The van der Waals surface area contributed by atoms with Crippen LogP contribution in [0.3, 0.4) is 0 Å². The van der Waals surface area contributed by atoms with Gasteiger partial charge < -0.3 is 10.3 Å². The first-order valence-corrected chi connectivity index (χ1v) is 6.49. The Kier molecular flexibility index (Phi) is 3.55. The third kappa shape index (κ3) is 2.90. The van der Waals surface area contributed by atoms with E-state index >= 15 is 0 Å². The fraction of sp³-hybridized carbons (Fsp3) is 0.643. The zero-order valence-electron chi connectivity index (χ0n) is 10.8. The summed E-state index contributed by atoms with van der Waals surface area (Å²) in [6.07, 6.45) is 8.44. The van der Waals surface area contributed by atoms with Crippen molar-refractivity contribution in [3.05, 3.63) is 24.0 Å². The molecular formula is C14H22N2O. The van der Waals surface area contributed by atoms with E-state index in [4.69, 9.17) is 0 Å². The van der Waals surface area contributed by atoms with Crippen molar-refractivity contribution < 1.29 is 4.79 Å². The minimum atomic E-state index is 0.153. The smallest absolute Gasteiger partial charge is 0.223 e. The fourth-order valence-electron chi connectivity index (χ4n) is 2.76. The first kappa shape index (κ1) is 12.2. The van der Waals surface area contributed by atoms with E-state index in [0.29, 0.717) is 6.54 Å². The quantitative estimate of drug-likeness (QED) is 0.830. The summed E-state index contributed by atoms with van der Waals surface area (Å²) in [6, 6.07) is 1.99. The summed E-state index contributed by atoms with van der Waals surface area (Å²) < 4.78 is 0. The molecule has 17 heavy (non-hydrogen) atoms. The Morgan fingerprint density at radius 3 is 3.00 bits per heavy atom. The fourth-order valence-corrected chi connectivity index (χ4v) is 2.76. The van der Waals surface area contributed by atoms with Crippen molar-refractivity contribution in [3.8, 4) is 0 Å². The van der Waals surface area contributed by atoms with Crippen molar-refractivity contribution in [3.63, 3.8) is 0 Å². The highest BCUT2D eigenvalue weighted by atomic mass is 16.1. The lowest BCUT2D eigenvalue weighted by molar-refractivity contribution is -0.130. The van der Waals surface area contributed by atoms with Crippen molar-refractivity contribution >= 4 is 5.91 Å². The third-order valence-electron chi connectivity index (χ3n) is 3.95. The van der Waals surface area contributed by atoms with Gasteiger partial charge in [0.15, 0.2) is 0 Å². The van der Waals surface area contributed by atoms with Crippen LogP contribution in [0.2, 0.25) is 0 Å². The molecule has 1 amide bonds. The molecule has 1 aromatic rings. The van der Waals surface area contributed by atoms with Gasteiger partial charge in [-0.2, -0.15) is 0 Å². The van der Waals surface area contributed by atoms with Crippen LogP contribution in [0.15, 0.2) is 18.5 Å². The van der Waals surface area contributed by atoms with Gasteiger partial charge in [-0.25, -0.2) is 0 Å². The zero-order chi connectivity index (χ0) is 12.3. The van der Waals surface area contributed by atoms with E-state index in [1.54, 1.807) is 0 Å². The average Bonchev–Trinajstić information content (AvgIpc) is 2.78. The van der Waals surface area contributed by atoms with Crippen LogP contribution in [0, 0.1) is 11.3 Å². The molecule has 2 N–H and O–H groups in total. The van der Waals surface area contributed by atoms with E-state index in [1.165, 1.54) is 12.8 Å². The van der Waals surface area contributed by atoms with E-state index in [0.717, 1.165) is 18.4 Å². The van der Waals surface area contributed by atoms with Gasteiger partial charge in [0.25, 0.3) is 0 Å². The summed E-state index contributed by atoms with van der Waals surface area (Å²) in [6.45, 7) is 5.06. The van der Waals surface area contributed by atoms with Crippen LogP contribution >= 0.6 is 0 Å². The molecule has 0 aromatic carbocycles. The summed E-state index contributed by atoms with van der Waals surface area (Å²) in [4.78, 5) is 15.2. The molecule has 1 atom stereocenters. The van der Waals surface area contributed by atoms with E-state index in [2.05, 4.69) is 24.1 Å². The molecular weight excluding hydrogens is 212 g/mol. The summed E-state index contributed by atoms with van der Waals surface area (Å²) in [5.41, 5.74) is 1.28. The second-order valence-corrected chi connectivity index (χ2v) is 5.72. The van der Waals surface area contributed by atoms with Crippen molar-refractivity contribution in [2.24, 2.45) is 11.3 Å². The van der Waals surface area contributed by atoms with Gasteiger partial charge in [0.2, 0.25) is 5.91 Å². The number of carbonyl (C=O) groups is 1. The lowest BCUT2D eigenvalue weighted by Crippen LogP contribution is -2.40. The molecule has 0 aliphatic heterocycles. The maximum absolute atomic E-state index is 12.2. The summed E-state index contributed by atoms with van der Waals surface area (Å²) in [5.74, 6) is 0.395. The second-order valence-electron chi connectivity index (χ2n) is 5.72. The molecule has 1 fully saturated rings. The maximum atomic E-state index is 12.2. The molecule has 1 heterocycles. The van der Waals surface area contributed by atoms with Gasteiger partial charge in [-0.1, -0.05) is 26.7 Å². The highest BCUT2D eigenvalue weighted by Gasteiger charge is 2.36. The second kappa shape index (κ2) is 4.94. The highest BCUT2D eigenvalue weighted by molar-refractivity contribution is 5.79. The van der Waals surface area contributed by atoms with E-state index in [9.17, 15) is 4.79 Å². The zero-order valence-corrected chi connectivity index (χ0v) is 10.8. The topological polar surface area (TPSA) is 44.9 Å². The highest BCUT2D eigenvalue weighted by Crippen LogP contribution is 2.40. The molecule has 1 saturated carbocycles. The largest absolute Gasteiger partial charge is 0.367 e. The Balaban J connectivity index is 1.90. The first-order chi connectivity index (χ1) is 8.09. The van der Waals surface area contributed by atoms with Crippen molar-refractivity contribution in [2.45, 2.75) is 46.1 Å². The van der Waals surface area contributed by atoms with Crippen molar-refractivity contribution in [1.82, 2.24) is 10.3 Å². The molecule has 1 aliphatic rings. The van der Waals surface area contributed by atoms with Gasteiger partial charge >= 0.3 is 0 Å². The monoisotopic (exact) mass is 234 g/mol. The maximum Gasteiger partial charge on any atom is 0.223 e. The lowest BCUT2D eigenvalue weighted by Gasteiger charge is -2.37. The Labute approximate surface area is 103 Å². The van der Waals surface area contributed by atoms with Crippen LogP contribution in [-0.2, 0) is 11.3 Å². The molecule has 1 aliphatic carbocycles. The SMILES string of the molecule is CC1(C)CCCCC1C(=O)NCc1cc[nH]c1. The van der Waals surface area contributed by atoms with E-state index in [-0.39, 0.29) is 17.2 Å². The van der Waals surface area contributed by atoms with Crippen LogP contribution in [0.25, 0.3) is 0 Å². The standard InChI is InChI=1S/C14H22N2O/c1-14(2)7-4-3-5-12(14)13(17)16-10-11-6-8-15-9-11/h6,8-9,12,15H,3-5,7,10H2,1-2H3,(H,16,17). The summed E-state index contributed by atoms with van der Waals surface area (Å²) in [5, 5.41) is 3.05. The van der Waals surface area contributed by atoms with E-state index in [1.807, 2.05) is 18.5 Å². The van der Waals surface area contributed by atoms with Crippen LogP contribution in [-0.4, -0.2) is 10.9 Å². The Morgan fingerprint density at radius 2 is 2.35 bits per heavy atom. The molecule has 0 bridgehead atoms. The number of aromatic nitrogens is 1. The molecule has 0 spiro atoms. The minimum absolute atomic E-state index is 0.153. The molecule has 0 saturated heterocycles. The number of carbonyl (C=O) groups excluding carboxylic acids is 1. The van der Waals surface area contributed by atoms with E-state index < -0.39 is 0 Å². The van der Waals surface area contributed by atoms with Crippen LogP contribution in [0.1, 0.15) is 45.1 Å². The van der Waals surface area contributed by atoms with Crippen molar-refractivity contribution in [1.29, 1.82) is 0 Å². The van der Waals surface area contributed by atoms with Crippen LogP contribution < -0.4 is 5.32 Å². The molecule has 3 nitrogen and oxygen atoms in total. The van der Waals surface area contributed by atoms with Gasteiger partial charge in [-0.3, -0.25) is 4.79 Å². The predicted molar refractivity (Wildman–Crippen MR) is 68.4 cm³/mol. The first-order valence-electron chi connectivity index (χ1n) is 6.49. The van der Waals surface area contributed by atoms with Gasteiger partial charge in [-0.05, 0) is 29.9 Å². The molecule has 1 aromatic heterocycles. The average molecular weight is 234 g/mol. The molecule has 3 heteroatoms. The summed E-state index contributed by atoms with van der Waals surface area (Å²) in [7, 11) is 0. The Morgan fingerprint density at radius 1 is 1.53 bits per heavy atom. The summed E-state index contributed by atoms with van der Waals surface area (Å²) >= 11 is 0. The molecule has 1 unspecified atom stereocenters. The number of hydrogen-bond donors (Lipinski definition) is 2. The molecule has 2 rings (SSSR count). The molecule has 0 radical (unpaired) electrons. The number of amides is 1. The van der Waals surface area contributed by atoms with Gasteiger partial charge in [-0.15, -0.1) is 0 Å².